The fraction of sp³-hybridized carbons (Fsp3) is 1.00. The first-order valence-corrected chi connectivity index (χ1v) is 6.51. The van der Waals surface area contributed by atoms with Crippen molar-refractivity contribution in [1.29, 1.82) is 0 Å². The summed E-state index contributed by atoms with van der Waals surface area (Å²) in [4.78, 5) is 0. The molecule has 0 radical (unpaired) electrons. The van der Waals surface area contributed by atoms with Gasteiger partial charge >= 0.3 is 0 Å². The third-order valence-corrected chi connectivity index (χ3v) is 4.73. The first-order valence-electron chi connectivity index (χ1n) is 5.07. The van der Waals surface area contributed by atoms with Crippen molar-refractivity contribution < 1.29 is 8.42 Å². The van der Waals surface area contributed by atoms with Crippen LogP contribution in [0.3, 0.4) is 0 Å². The molecule has 6 heteroatoms. The van der Waals surface area contributed by atoms with E-state index >= 15 is 0 Å². The van der Waals surface area contributed by atoms with Crippen LogP contribution >= 0.6 is 0 Å². The van der Waals surface area contributed by atoms with Gasteiger partial charge in [-0.05, 0) is 25.7 Å². The van der Waals surface area contributed by atoms with E-state index in [-0.39, 0.29) is 5.54 Å². The number of nitrogens with two attached hydrogens (primary N) is 1. The average molecular weight is 219 g/mol. The minimum Gasteiger partial charge on any atom is -0.329 e. The zero-order valence-corrected chi connectivity index (χ0v) is 9.02. The standard InChI is InChI=1S/C8H17N3O2S/c9-7-8(3-4-8)10-14(12,13)11-5-1-2-6-11/h10H,1-7,9H2. The summed E-state index contributed by atoms with van der Waals surface area (Å²) in [6.07, 6.45) is 3.68. The van der Waals surface area contributed by atoms with Gasteiger partial charge in [-0.3, -0.25) is 0 Å². The molecule has 0 amide bonds. The van der Waals surface area contributed by atoms with Gasteiger partial charge in [-0.1, -0.05) is 0 Å². The lowest BCUT2D eigenvalue weighted by atomic mass is 10.3. The van der Waals surface area contributed by atoms with Gasteiger partial charge in [-0.15, -0.1) is 0 Å². The van der Waals surface area contributed by atoms with Crippen molar-refractivity contribution in [3.63, 3.8) is 0 Å². The maximum Gasteiger partial charge on any atom is 0.279 e. The predicted octanol–water partition coefficient (Wildman–Crippen LogP) is -0.592. The molecule has 3 N–H and O–H groups in total. The normalized spacial score (nSPS) is 26.6. The van der Waals surface area contributed by atoms with Gasteiger partial charge in [0.1, 0.15) is 0 Å². The van der Waals surface area contributed by atoms with Crippen LogP contribution in [-0.4, -0.2) is 37.9 Å². The van der Waals surface area contributed by atoms with Gasteiger partial charge in [0, 0.05) is 25.2 Å². The summed E-state index contributed by atoms with van der Waals surface area (Å²) >= 11 is 0. The molecule has 14 heavy (non-hydrogen) atoms. The van der Waals surface area contributed by atoms with Crippen molar-refractivity contribution in [3.05, 3.63) is 0 Å². The molecule has 1 saturated carbocycles. The lowest BCUT2D eigenvalue weighted by molar-refractivity contribution is 0.448. The topological polar surface area (TPSA) is 75.4 Å². The maximum absolute atomic E-state index is 11.8. The number of rotatable bonds is 4. The molecular weight excluding hydrogens is 202 g/mol. The first-order chi connectivity index (χ1) is 6.58. The molecule has 0 aromatic heterocycles. The highest BCUT2D eigenvalue weighted by molar-refractivity contribution is 7.87. The Morgan fingerprint density at radius 3 is 2.29 bits per heavy atom. The Labute approximate surface area is 84.8 Å². The molecule has 1 saturated heterocycles. The first kappa shape index (κ1) is 10.4. The second-order valence-electron chi connectivity index (χ2n) is 4.20. The van der Waals surface area contributed by atoms with Crippen LogP contribution in [0.15, 0.2) is 0 Å². The van der Waals surface area contributed by atoms with Crippen LogP contribution in [-0.2, 0) is 10.2 Å². The van der Waals surface area contributed by atoms with E-state index in [2.05, 4.69) is 4.72 Å². The number of hydrogen-bond acceptors (Lipinski definition) is 3. The Morgan fingerprint density at radius 1 is 1.29 bits per heavy atom. The highest BCUT2D eigenvalue weighted by Gasteiger charge is 2.46. The Kier molecular flexibility index (Phi) is 2.55. The largest absolute Gasteiger partial charge is 0.329 e. The molecule has 1 aliphatic carbocycles. The molecule has 0 atom stereocenters. The quantitative estimate of drug-likeness (QED) is 0.663. The summed E-state index contributed by atoms with van der Waals surface area (Å²) in [6.45, 7) is 1.70. The van der Waals surface area contributed by atoms with E-state index in [0.29, 0.717) is 19.6 Å². The predicted molar refractivity (Wildman–Crippen MR) is 53.9 cm³/mol. The molecule has 2 rings (SSSR count). The monoisotopic (exact) mass is 219 g/mol. The molecule has 1 heterocycles. The van der Waals surface area contributed by atoms with Crippen LogP contribution in [0.2, 0.25) is 0 Å². The molecule has 2 fully saturated rings. The molecule has 0 aromatic rings. The van der Waals surface area contributed by atoms with E-state index in [9.17, 15) is 8.42 Å². The Hall–Kier alpha value is -0.170. The highest BCUT2D eigenvalue weighted by Crippen LogP contribution is 2.35. The van der Waals surface area contributed by atoms with E-state index in [4.69, 9.17) is 5.73 Å². The van der Waals surface area contributed by atoms with Gasteiger partial charge in [0.2, 0.25) is 0 Å². The minimum absolute atomic E-state index is 0.318. The second kappa shape index (κ2) is 3.44. The number of nitrogens with one attached hydrogen (secondary N) is 1. The third kappa shape index (κ3) is 1.93. The third-order valence-electron chi connectivity index (χ3n) is 2.99. The molecule has 0 bridgehead atoms. The summed E-state index contributed by atoms with van der Waals surface area (Å²) < 4.78 is 27.8. The molecule has 0 spiro atoms. The van der Waals surface area contributed by atoms with Gasteiger partial charge < -0.3 is 5.73 Å². The molecule has 0 aromatic carbocycles. The van der Waals surface area contributed by atoms with Gasteiger partial charge in [-0.25, -0.2) is 0 Å². The average Bonchev–Trinajstić information content (AvgIpc) is 2.70. The molecule has 5 nitrogen and oxygen atoms in total. The van der Waals surface area contributed by atoms with Crippen molar-refractivity contribution in [2.45, 2.75) is 31.2 Å². The zero-order valence-electron chi connectivity index (χ0n) is 8.20. The number of hydrogen-bond donors (Lipinski definition) is 2. The van der Waals surface area contributed by atoms with E-state index in [0.717, 1.165) is 25.7 Å². The smallest absolute Gasteiger partial charge is 0.279 e. The summed E-state index contributed by atoms with van der Waals surface area (Å²) in [7, 11) is -3.26. The van der Waals surface area contributed by atoms with E-state index < -0.39 is 10.2 Å². The number of nitrogens with zero attached hydrogens (tertiary/aromatic N) is 1. The van der Waals surface area contributed by atoms with Crippen LogP contribution in [0.5, 0.6) is 0 Å². The SMILES string of the molecule is NCC1(NS(=O)(=O)N2CCCC2)CC1. The van der Waals surface area contributed by atoms with Gasteiger partial charge in [0.05, 0.1) is 0 Å². The molecule has 1 aliphatic heterocycles. The van der Waals surface area contributed by atoms with Gasteiger partial charge in [0.15, 0.2) is 0 Å². The molecular formula is C8H17N3O2S. The van der Waals surface area contributed by atoms with E-state index in [1.54, 1.807) is 0 Å². The minimum atomic E-state index is -3.26. The molecule has 2 aliphatic rings. The van der Waals surface area contributed by atoms with Crippen molar-refractivity contribution in [2.75, 3.05) is 19.6 Å². The van der Waals surface area contributed by atoms with Crippen LogP contribution in [0.1, 0.15) is 25.7 Å². The summed E-state index contributed by atoms with van der Waals surface area (Å²) in [5, 5.41) is 0. The van der Waals surface area contributed by atoms with Crippen molar-refractivity contribution >= 4 is 10.2 Å². The summed E-state index contributed by atoms with van der Waals surface area (Å²) in [5.74, 6) is 0. The van der Waals surface area contributed by atoms with Crippen LogP contribution in [0, 0.1) is 0 Å². The van der Waals surface area contributed by atoms with Crippen molar-refractivity contribution in [2.24, 2.45) is 5.73 Å². The Balaban J connectivity index is 2.01. The van der Waals surface area contributed by atoms with Crippen LogP contribution in [0.25, 0.3) is 0 Å². The molecule has 82 valence electrons. The van der Waals surface area contributed by atoms with Crippen molar-refractivity contribution in [1.82, 2.24) is 9.03 Å². The summed E-state index contributed by atoms with van der Waals surface area (Å²) in [6, 6.07) is 0. The Morgan fingerprint density at radius 2 is 1.86 bits per heavy atom. The fourth-order valence-corrected chi connectivity index (χ4v) is 3.47. The maximum atomic E-state index is 11.8. The molecule has 0 unspecified atom stereocenters. The van der Waals surface area contributed by atoms with Crippen molar-refractivity contribution in [3.8, 4) is 0 Å². The van der Waals surface area contributed by atoms with E-state index in [1.165, 1.54) is 4.31 Å². The lowest BCUT2D eigenvalue weighted by Crippen LogP contribution is -2.48. The van der Waals surface area contributed by atoms with Gasteiger partial charge in [-0.2, -0.15) is 17.4 Å². The fourth-order valence-electron chi connectivity index (χ4n) is 1.77. The van der Waals surface area contributed by atoms with Crippen LogP contribution in [0.4, 0.5) is 0 Å². The Bertz CT molecular complexity index is 305. The lowest BCUT2D eigenvalue weighted by Gasteiger charge is -2.21. The van der Waals surface area contributed by atoms with Crippen LogP contribution < -0.4 is 10.5 Å². The highest BCUT2D eigenvalue weighted by atomic mass is 32.2. The second-order valence-corrected chi connectivity index (χ2v) is 5.87. The van der Waals surface area contributed by atoms with E-state index in [1.807, 2.05) is 0 Å². The van der Waals surface area contributed by atoms with Gasteiger partial charge in [0.25, 0.3) is 10.2 Å². The zero-order chi connectivity index (χ0) is 10.2. The summed E-state index contributed by atoms with van der Waals surface area (Å²) in [5.41, 5.74) is 5.21.